The van der Waals surface area contributed by atoms with Crippen LogP contribution in [0.1, 0.15) is 14.3 Å². The molecule has 0 atom stereocenters. The minimum atomic E-state index is -0.362. The number of nitrogens with one attached hydrogen (secondary N) is 1. The van der Waals surface area contributed by atoms with Crippen molar-refractivity contribution >= 4 is 12.2 Å². The zero-order valence-electron chi connectivity index (χ0n) is 5.39. The Bertz CT molecular complexity index is 364. The van der Waals surface area contributed by atoms with Crippen LogP contribution in [0.15, 0.2) is 9.21 Å². The van der Waals surface area contributed by atoms with E-state index in [1.54, 1.807) is 0 Å². The molecule has 2 rings (SSSR count). The lowest BCUT2D eigenvalue weighted by Gasteiger charge is -1.88. The van der Waals surface area contributed by atoms with Gasteiger partial charge < -0.3 is 4.42 Å². The highest BCUT2D eigenvalue weighted by Crippen LogP contribution is 1.92. The lowest BCUT2D eigenvalue weighted by Crippen LogP contribution is -2.24. The molecule has 0 aromatic carbocycles. The van der Waals surface area contributed by atoms with Gasteiger partial charge in [0.15, 0.2) is 5.42 Å². The Morgan fingerprint density at radius 3 is 3.10 bits per heavy atom. The van der Waals surface area contributed by atoms with Gasteiger partial charge in [0.2, 0.25) is 0 Å². The second-order valence-electron chi connectivity index (χ2n) is 2.28. The smallest absolute Gasteiger partial charge is 0.408 e. The Morgan fingerprint density at radius 1 is 1.50 bits per heavy atom. The Labute approximate surface area is 58.2 Å². The fourth-order valence-corrected chi connectivity index (χ4v) is 1.10. The number of oxazole rings is 1. The van der Waals surface area contributed by atoms with E-state index in [4.69, 9.17) is 4.42 Å². The molecule has 54 valence electrons. The van der Waals surface area contributed by atoms with Gasteiger partial charge in [-0.25, -0.2) is 4.79 Å². The summed E-state index contributed by atoms with van der Waals surface area (Å²) in [6, 6.07) is 0. The zero-order valence-corrected chi connectivity index (χ0v) is 5.39. The minimum absolute atomic E-state index is 0. The van der Waals surface area contributed by atoms with Crippen molar-refractivity contribution in [3.63, 3.8) is 0 Å². The number of fused-ring (bicyclic) bond motifs is 1. The van der Waals surface area contributed by atoms with Gasteiger partial charge in [-0.1, -0.05) is 6.08 Å². The number of hydrogen-bond acceptors (Lipinski definition) is 2. The van der Waals surface area contributed by atoms with E-state index in [9.17, 15) is 4.79 Å². The summed E-state index contributed by atoms with van der Waals surface area (Å²) in [6.07, 6.45) is 5.85. The Balaban J connectivity index is 0.000000605. The van der Waals surface area contributed by atoms with Crippen LogP contribution in [0, 0.1) is 0 Å². The summed E-state index contributed by atoms with van der Waals surface area (Å²) >= 11 is 0. The summed E-state index contributed by atoms with van der Waals surface area (Å²) in [5.74, 6) is -0.362. The van der Waals surface area contributed by atoms with Crippen molar-refractivity contribution in [2.24, 2.45) is 0 Å². The topological polar surface area (TPSA) is 46.0 Å². The molecule has 0 fully saturated rings. The Hall–Kier alpha value is -1.25. The molecular weight excluding hydrogens is 130 g/mol. The van der Waals surface area contributed by atoms with E-state index < -0.39 is 0 Å². The van der Waals surface area contributed by atoms with E-state index in [-0.39, 0.29) is 7.18 Å². The first-order chi connectivity index (χ1) is 4.86. The number of aromatic nitrogens is 1. The third-order valence-electron chi connectivity index (χ3n) is 1.55. The molecule has 3 heteroatoms. The molecule has 1 N–H and O–H groups in total. The Kier molecular flexibility index (Phi) is 1.03. The van der Waals surface area contributed by atoms with Crippen LogP contribution in [0.4, 0.5) is 0 Å². The summed E-state index contributed by atoms with van der Waals surface area (Å²) in [5.41, 5.74) is 0.691. The highest BCUT2D eigenvalue weighted by molar-refractivity contribution is 5.31. The first-order valence-corrected chi connectivity index (χ1v) is 3.26. The maximum Gasteiger partial charge on any atom is 0.417 e. The van der Waals surface area contributed by atoms with Crippen molar-refractivity contribution in [2.75, 3.05) is 0 Å². The standard InChI is InChI=1S/C7H7NO2.H2/c9-7-8-5-3-1-2-4-6(5)10-7;/h3-4H,1-2H2,(H,8,9);1H. The molecule has 0 bridgehead atoms. The highest BCUT2D eigenvalue weighted by atomic mass is 16.4. The fraction of sp³-hybridized carbons (Fsp3) is 0.286. The quantitative estimate of drug-likeness (QED) is 0.530. The second-order valence-corrected chi connectivity index (χ2v) is 2.28. The highest BCUT2D eigenvalue weighted by Gasteiger charge is 1.96. The molecule has 0 amide bonds. The number of H-pyrrole nitrogens is 1. The number of aromatic amines is 1. The Morgan fingerprint density at radius 2 is 2.30 bits per heavy atom. The van der Waals surface area contributed by atoms with E-state index in [2.05, 4.69) is 4.98 Å². The van der Waals surface area contributed by atoms with E-state index in [1.807, 2.05) is 12.2 Å². The maximum absolute atomic E-state index is 10.6. The van der Waals surface area contributed by atoms with Crippen molar-refractivity contribution in [1.29, 1.82) is 0 Å². The molecule has 0 saturated carbocycles. The average molecular weight is 139 g/mol. The molecule has 0 aliphatic heterocycles. The number of rotatable bonds is 0. The van der Waals surface area contributed by atoms with Crippen molar-refractivity contribution < 1.29 is 5.84 Å². The minimum Gasteiger partial charge on any atom is -0.408 e. The van der Waals surface area contributed by atoms with E-state index in [0.29, 0.717) is 5.42 Å². The van der Waals surface area contributed by atoms with Gasteiger partial charge in [-0.3, -0.25) is 4.98 Å². The van der Waals surface area contributed by atoms with Gasteiger partial charge in [0.05, 0.1) is 5.35 Å². The van der Waals surface area contributed by atoms with Crippen molar-refractivity contribution in [1.82, 2.24) is 4.98 Å². The van der Waals surface area contributed by atoms with Gasteiger partial charge in [0.25, 0.3) is 0 Å². The molecule has 1 aliphatic carbocycles. The molecule has 0 radical (unpaired) electrons. The summed E-state index contributed by atoms with van der Waals surface area (Å²) in [6.45, 7) is 0. The second kappa shape index (κ2) is 1.87. The number of hydrogen-bond donors (Lipinski definition) is 1. The van der Waals surface area contributed by atoms with Crippen LogP contribution < -0.4 is 16.5 Å². The van der Waals surface area contributed by atoms with Crippen LogP contribution in [0.5, 0.6) is 0 Å². The van der Waals surface area contributed by atoms with Crippen LogP contribution in [-0.4, -0.2) is 4.98 Å². The largest absolute Gasteiger partial charge is 0.417 e. The molecule has 0 saturated heterocycles. The van der Waals surface area contributed by atoms with Gasteiger partial charge in [0, 0.05) is 1.43 Å². The molecule has 10 heavy (non-hydrogen) atoms. The molecule has 1 aromatic rings. The first-order valence-electron chi connectivity index (χ1n) is 3.26. The summed E-state index contributed by atoms with van der Waals surface area (Å²) in [5, 5.41) is 0.830. The van der Waals surface area contributed by atoms with Crippen LogP contribution in [0.2, 0.25) is 0 Å². The van der Waals surface area contributed by atoms with Crippen LogP contribution in [0.3, 0.4) is 0 Å². The van der Waals surface area contributed by atoms with Gasteiger partial charge in [-0.15, -0.1) is 0 Å². The normalized spacial score (nSPS) is 15.2. The predicted octanol–water partition coefficient (Wildman–Crippen LogP) is -0.431. The van der Waals surface area contributed by atoms with E-state index in [1.165, 1.54) is 0 Å². The molecule has 0 spiro atoms. The van der Waals surface area contributed by atoms with Gasteiger partial charge in [-0.05, 0) is 18.9 Å². The molecular formula is C7H9NO2. The molecule has 1 aromatic heterocycles. The lowest BCUT2D eigenvalue weighted by molar-refractivity contribution is 0.484. The van der Waals surface area contributed by atoms with Crippen LogP contribution >= 0.6 is 0 Å². The van der Waals surface area contributed by atoms with Crippen molar-refractivity contribution in [2.45, 2.75) is 12.8 Å². The SMILES string of the molecule is O=c1[nH]c2c(o1)=CCCC=2.[HH]. The summed E-state index contributed by atoms with van der Waals surface area (Å²) in [4.78, 5) is 13.2. The van der Waals surface area contributed by atoms with Crippen molar-refractivity contribution in [3.8, 4) is 0 Å². The van der Waals surface area contributed by atoms with Crippen LogP contribution in [0.25, 0.3) is 12.2 Å². The molecule has 3 nitrogen and oxygen atoms in total. The summed E-state index contributed by atoms with van der Waals surface area (Å²) in [7, 11) is 0. The molecule has 1 aliphatic rings. The third kappa shape index (κ3) is 0.708. The van der Waals surface area contributed by atoms with E-state index in [0.717, 1.165) is 18.2 Å². The molecule has 1 heterocycles. The van der Waals surface area contributed by atoms with Gasteiger partial charge >= 0.3 is 5.76 Å². The fourth-order valence-electron chi connectivity index (χ4n) is 1.10. The lowest BCUT2D eigenvalue weighted by atomic mass is 10.2. The monoisotopic (exact) mass is 139 g/mol. The van der Waals surface area contributed by atoms with Crippen molar-refractivity contribution in [3.05, 3.63) is 21.3 Å². The maximum atomic E-state index is 10.6. The average Bonchev–Trinajstić information content (AvgIpc) is 2.27. The van der Waals surface area contributed by atoms with E-state index >= 15 is 0 Å². The predicted molar refractivity (Wildman–Crippen MR) is 38.9 cm³/mol. The van der Waals surface area contributed by atoms with Gasteiger partial charge in [-0.2, -0.15) is 0 Å². The summed E-state index contributed by atoms with van der Waals surface area (Å²) < 4.78 is 4.81. The molecule has 0 unspecified atom stereocenters. The van der Waals surface area contributed by atoms with Crippen LogP contribution in [-0.2, 0) is 0 Å². The first kappa shape index (κ1) is 5.53. The van der Waals surface area contributed by atoms with Gasteiger partial charge in [0.1, 0.15) is 0 Å². The zero-order chi connectivity index (χ0) is 6.97. The third-order valence-corrected chi connectivity index (χ3v) is 1.55.